The highest BCUT2D eigenvalue weighted by Gasteiger charge is 2.16. The normalized spacial score (nSPS) is 14.4. The Hall–Kier alpha value is -1.91. The zero-order valence-corrected chi connectivity index (χ0v) is 16.2. The third kappa shape index (κ3) is 3.70. The summed E-state index contributed by atoms with van der Waals surface area (Å²) in [6.45, 7) is 5.62. The molecule has 0 spiro atoms. The molecule has 4 heteroatoms. The van der Waals surface area contributed by atoms with Gasteiger partial charge in [-0.2, -0.15) is 0 Å². The van der Waals surface area contributed by atoms with Crippen LogP contribution in [-0.4, -0.2) is 31.3 Å². The first kappa shape index (κ1) is 17.9. The molecule has 4 rings (SSSR count). The van der Waals surface area contributed by atoms with Crippen molar-refractivity contribution >= 4 is 33.6 Å². The van der Waals surface area contributed by atoms with E-state index in [0.717, 1.165) is 43.9 Å². The lowest BCUT2D eigenvalue weighted by atomic mass is 10.0. The molecule has 0 aliphatic carbocycles. The highest BCUT2D eigenvalue weighted by Crippen LogP contribution is 2.31. The van der Waals surface area contributed by atoms with Gasteiger partial charge in [0.25, 0.3) is 0 Å². The van der Waals surface area contributed by atoms with E-state index in [1.807, 2.05) is 0 Å². The van der Waals surface area contributed by atoms with Gasteiger partial charge < -0.3 is 9.64 Å². The standard InChI is InChI=1S/C21H22N2O.BrH/c1-2-16-7-9-17(10-8-16)20-15-21(23-11-13-24-14-12-23)18-5-3-4-6-19(18)22-20;/h3-10,15H,2,11-14H2,1H3;1H. The van der Waals surface area contributed by atoms with Crippen molar-refractivity contribution in [2.45, 2.75) is 13.3 Å². The number of para-hydroxylation sites is 1. The topological polar surface area (TPSA) is 25.4 Å². The Morgan fingerprint density at radius 1 is 1.00 bits per heavy atom. The van der Waals surface area contributed by atoms with Gasteiger partial charge in [0.1, 0.15) is 0 Å². The maximum absolute atomic E-state index is 5.52. The second kappa shape index (κ2) is 7.98. The summed E-state index contributed by atoms with van der Waals surface area (Å²) in [7, 11) is 0. The lowest BCUT2D eigenvalue weighted by Gasteiger charge is -2.30. The van der Waals surface area contributed by atoms with Crippen LogP contribution >= 0.6 is 17.0 Å². The zero-order valence-electron chi connectivity index (χ0n) is 14.4. The molecule has 0 N–H and O–H groups in total. The summed E-state index contributed by atoms with van der Waals surface area (Å²) in [5.41, 5.74) is 5.88. The largest absolute Gasteiger partial charge is 0.378 e. The minimum absolute atomic E-state index is 0. The van der Waals surface area contributed by atoms with Crippen LogP contribution in [0.2, 0.25) is 0 Å². The van der Waals surface area contributed by atoms with Crippen molar-refractivity contribution in [1.82, 2.24) is 4.98 Å². The van der Waals surface area contributed by atoms with E-state index < -0.39 is 0 Å². The number of halogens is 1. The predicted octanol–water partition coefficient (Wildman–Crippen LogP) is 4.88. The van der Waals surface area contributed by atoms with Crippen LogP contribution in [0.15, 0.2) is 54.6 Å². The number of rotatable bonds is 3. The molecule has 1 aliphatic heterocycles. The Labute approximate surface area is 159 Å². The Morgan fingerprint density at radius 2 is 1.72 bits per heavy atom. The summed E-state index contributed by atoms with van der Waals surface area (Å²) < 4.78 is 5.52. The van der Waals surface area contributed by atoms with Crippen LogP contribution in [0.4, 0.5) is 5.69 Å². The van der Waals surface area contributed by atoms with E-state index in [1.54, 1.807) is 0 Å². The molecule has 0 amide bonds. The summed E-state index contributed by atoms with van der Waals surface area (Å²) in [5.74, 6) is 0. The number of nitrogens with zero attached hydrogens (tertiary/aromatic N) is 2. The number of aromatic nitrogens is 1. The minimum atomic E-state index is 0. The molecule has 2 heterocycles. The third-order valence-electron chi connectivity index (χ3n) is 4.70. The Morgan fingerprint density at radius 3 is 2.44 bits per heavy atom. The fourth-order valence-corrected chi connectivity index (χ4v) is 3.28. The van der Waals surface area contributed by atoms with Crippen LogP contribution in [0.3, 0.4) is 0 Å². The van der Waals surface area contributed by atoms with Crippen molar-refractivity contribution in [3.8, 4) is 11.3 Å². The number of hydrogen-bond donors (Lipinski definition) is 0. The molecule has 1 fully saturated rings. The van der Waals surface area contributed by atoms with Gasteiger partial charge in [-0.1, -0.05) is 49.4 Å². The molecule has 25 heavy (non-hydrogen) atoms. The third-order valence-corrected chi connectivity index (χ3v) is 4.70. The maximum Gasteiger partial charge on any atom is 0.0730 e. The predicted molar refractivity (Wildman–Crippen MR) is 110 cm³/mol. The molecule has 3 nitrogen and oxygen atoms in total. The lowest BCUT2D eigenvalue weighted by Crippen LogP contribution is -2.36. The fourth-order valence-electron chi connectivity index (χ4n) is 3.28. The van der Waals surface area contributed by atoms with Crippen LogP contribution in [0.25, 0.3) is 22.2 Å². The summed E-state index contributed by atoms with van der Waals surface area (Å²) in [6, 6.07) is 19.4. The SMILES string of the molecule is Br.CCc1ccc(-c2cc(N3CCOCC3)c3ccccc3n2)cc1. The number of fused-ring (bicyclic) bond motifs is 1. The average molecular weight is 399 g/mol. The number of pyridine rings is 1. The highest BCUT2D eigenvalue weighted by atomic mass is 79.9. The van der Waals surface area contributed by atoms with Gasteiger partial charge >= 0.3 is 0 Å². The molecule has 0 atom stereocenters. The number of hydrogen-bond acceptors (Lipinski definition) is 3. The van der Waals surface area contributed by atoms with Gasteiger partial charge in [0, 0.05) is 29.7 Å². The summed E-state index contributed by atoms with van der Waals surface area (Å²) in [4.78, 5) is 7.31. The molecule has 1 aromatic heterocycles. The lowest BCUT2D eigenvalue weighted by molar-refractivity contribution is 0.123. The molecule has 0 saturated carbocycles. The fraction of sp³-hybridized carbons (Fsp3) is 0.286. The van der Waals surface area contributed by atoms with Crippen molar-refractivity contribution in [3.63, 3.8) is 0 Å². The first-order chi connectivity index (χ1) is 11.8. The zero-order chi connectivity index (χ0) is 16.4. The van der Waals surface area contributed by atoms with Crippen molar-refractivity contribution in [3.05, 3.63) is 60.2 Å². The van der Waals surface area contributed by atoms with Crippen molar-refractivity contribution in [2.24, 2.45) is 0 Å². The van der Waals surface area contributed by atoms with Gasteiger partial charge in [0.2, 0.25) is 0 Å². The summed E-state index contributed by atoms with van der Waals surface area (Å²) in [6.07, 6.45) is 1.06. The Balaban J connectivity index is 0.00000182. The van der Waals surface area contributed by atoms with Gasteiger partial charge in [0.05, 0.1) is 24.4 Å². The van der Waals surface area contributed by atoms with Gasteiger partial charge in [-0.3, -0.25) is 0 Å². The molecular weight excluding hydrogens is 376 g/mol. The van der Waals surface area contributed by atoms with Gasteiger partial charge in [-0.05, 0) is 24.1 Å². The smallest absolute Gasteiger partial charge is 0.0730 e. The van der Waals surface area contributed by atoms with Crippen LogP contribution in [0, 0.1) is 0 Å². The minimum Gasteiger partial charge on any atom is -0.378 e. The molecule has 0 unspecified atom stereocenters. The number of ether oxygens (including phenoxy) is 1. The molecule has 1 aliphatic rings. The maximum atomic E-state index is 5.52. The van der Waals surface area contributed by atoms with Crippen LogP contribution in [0.1, 0.15) is 12.5 Å². The first-order valence-corrected chi connectivity index (χ1v) is 8.67. The second-order valence-electron chi connectivity index (χ2n) is 6.19. The van der Waals surface area contributed by atoms with E-state index in [2.05, 4.69) is 66.4 Å². The second-order valence-corrected chi connectivity index (χ2v) is 6.19. The number of anilines is 1. The molecule has 2 aromatic carbocycles. The molecule has 3 aromatic rings. The summed E-state index contributed by atoms with van der Waals surface area (Å²) in [5, 5.41) is 1.22. The first-order valence-electron chi connectivity index (χ1n) is 8.67. The molecule has 0 radical (unpaired) electrons. The van der Waals surface area contributed by atoms with Crippen molar-refractivity contribution in [1.29, 1.82) is 0 Å². The van der Waals surface area contributed by atoms with Crippen LogP contribution in [-0.2, 0) is 11.2 Å². The quantitative estimate of drug-likeness (QED) is 0.628. The van der Waals surface area contributed by atoms with Gasteiger partial charge in [-0.15, -0.1) is 17.0 Å². The number of benzene rings is 2. The monoisotopic (exact) mass is 398 g/mol. The molecular formula is C21H23BrN2O. The van der Waals surface area contributed by atoms with Crippen LogP contribution in [0.5, 0.6) is 0 Å². The molecule has 1 saturated heterocycles. The van der Waals surface area contributed by atoms with E-state index in [4.69, 9.17) is 9.72 Å². The van der Waals surface area contributed by atoms with Crippen molar-refractivity contribution in [2.75, 3.05) is 31.2 Å². The summed E-state index contributed by atoms with van der Waals surface area (Å²) >= 11 is 0. The van der Waals surface area contributed by atoms with Gasteiger partial charge in [0.15, 0.2) is 0 Å². The van der Waals surface area contributed by atoms with E-state index in [-0.39, 0.29) is 17.0 Å². The van der Waals surface area contributed by atoms with Crippen LogP contribution < -0.4 is 4.90 Å². The molecule has 0 bridgehead atoms. The van der Waals surface area contributed by atoms with E-state index in [0.29, 0.717) is 0 Å². The Kier molecular flexibility index (Phi) is 5.71. The Bertz CT molecular complexity index is 842. The average Bonchev–Trinajstić information content (AvgIpc) is 2.68. The van der Waals surface area contributed by atoms with E-state index >= 15 is 0 Å². The van der Waals surface area contributed by atoms with E-state index in [1.165, 1.54) is 22.2 Å². The van der Waals surface area contributed by atoms with Gasteiger partial charge in [-0.25, -0.2) is 4.98 Å². The highest BCUT2D eigenvalue weighted by molar-refractivity contribution is 8.93. The molecule has 130 valence electrons. The number of aryl methyl sites for hydroxylation is 1. The van der Waals surface area contributed by atoms with E-state index in [9.17, 15) is 0 Å². The van der Waals surface area contributed by atoms with Crippen molar-refractivity contribution < 1.29 is 4.74 Å². The number of morpholine rings is 1.